The molecule has 0 aliphatic rings. The molecule has 1 heterocycles. The largest absolute Gasteiger partial charge is 0.495 e. The topological polar surface area (TPSA) is 121 Å². The van der Waals surface area contributed by atoms with Gasteiger partial charge < -0.3 is 34.1 Å². The zero-order valence-electron chi connectivity index (χ0n) is 20.4. The van der Waals surface area contributed by atoms with Gasteiger partial charge in [-0.1, -0.05) is 18.1 Å². The summed E-state index contributed by atoms with van der Waals surface area (Å²) in [7, 11) is 6.10. The Morgan fingerprint density at radius 2 is 1.57 bits per heavy atom. The first-order chi connectivity index (χ1) is 16.9. The Labute approximate surface area is 203 Å². The Kier molecular flexibility index (Phi) is 8.55. The van der Waals surface area contributed by atoms with E-state index < -0.39 is 0 Å². The van der Waals surface area contributed by atoms with E-state index in [9.17, 15) is 9.59 Å². The van der Waals surface area contributed by atoms with E-state index in [1.54, 1.807) is 30.5 Å². The molecule has 0 aliphatic heterocycles. The minimum absolute atomic E-state index is 0.143. The molecule has 10 heteroatoms. The van der Waals surface area contributed by atoms with Crippen LogP contribution in [0.2, 0.25) is 0 Å². The molecule has 0 radical (unpaired) electrons. The fourth-order valence-corrected chi connectivity index (χ4v) is 3.53. The van der Waals surface area contributed by atoms with E-state index in [0.717, 1.165) is 5.56 Å². The highest BCUT2D eigenvalue weighted by molar-refractivity contribution is 5.96. The number of benzene rings is 2. The van der Waals surface area contributed by atoms with E-state index in [2.05, 4.69) is 15.8 Å². The first-order valence-corrected chi connectivity index (χ1v) is 11.0. The van der Waals surface area contributed by atoms with Gasteiger partial charge in [0, 0.05) is 17.5 Å². The molecule has 2 aromatic carbocycles. The quantitative estimate of drug-likeness (QED) is 0.421. The van der Waals surface area contributed by atoms with Crippen LogP contribution in [0.1, 0.15) is 19.8 Å². The normalized spacial score (nSPS) is 10.4. The van der Waals surface area contributed by atoms with Crippen LogP contribution in [0.3, 0.4) is 0 Å². The van der Waals surface area contributed by atoms with Crippen molar-refractivity contribution in [3.05, 3.63) is 36.5 Å². The maximum Gasteiger partial charge on any atom is 0.243 e. The Hall–Kier alpha value is -4.21. The van der Waals surface area contributed by atoms with Crippen molar-refractivity contribution in [2.24, 2.45) is 0 Å². The molecule has 2 amide bonds. The molecule has 0 unspecified atom stereocenters. The average molecular weight is 484 g/mol. The Bertz CT molecular complexity index is 1160. The number of hydrogen-bond acceptors (Lipinski definition) is 8. The lowest BCUT2D eigenvalue weighted by molar-refractivity contribution is -0.124. The number of ether oxygens (including phenoxy) is 4. The van der Waals surface area contributed by atoms with Gasteiger partial charge in [0.2, 0.25) is 17.6 Å². The number of methoxy groups -OCH3 is 4. The van der Waals surface area contributed by atoms with Crippen molar-refractivity contribution < 1.29 is 33.1 Å². The summed E-state index contributed by atoms with van der Waals surface area (Å²) < 4.78 is 27.3. The number of anilines is 1. The molecule has 0 saturated heterocycles. The summed E-state index contributed by atoms with van der Waals surface area (Å²) in [5.74, 6) is 1.78. The van der Waals surface area contributed by atoms with E-state index in [4.69, 9.17) is 23.5 Å². The van der Waals surface area contributed by atoms with Crippen molar-refractivity contribution in [2.45, 2.75) is 19.8 Å². The van der Waals surface area contributed by atoms with E-state index in [-0.39, 0.29) is 18.4 Å². The highest BCUT2D eigenvalue weighted by Crippen LogP contribution is 2.44. The van der Waals surface area contributed by atoms with Crippen LogP contribution in [0.5, 0.6) is 23.0 Å². The second-order valence-corrected chi connectivity index (χ2v) is 7.47. The van der Waals surface area contributed by atoms with Gasteiger partial charge in [0.1, 0.15) is 5.75 Å². The highest BCUT2D eigenvalue weighted by Gasteiger charge is 2.20. The molecule has 0 fully saturated rings. The van der Waals surface area contributed by atoms with Gasteiger partial charge in [-0.05, 0) is 36.2 Å². The number of amides is 2. The van der Waals surface area contributed by atoms with Crippen LogP contribution < -0.4 is 29.6 Å². The van der Waals surface area contributed by atoms with Gasteiger partial charge in [0.05, 0.1) is 46.9 Å². The number of nitrogens with one attached hydrogen (secondary N) is 2. The Balaban J connectivity index is 1.94. The molecule has 35 heavy (non-hydrogen) atoms. The van der Waals surface area contributed by atoms with E-state index in [0.29, 0.717) is 58.4 Å². The molecular weight excluding hydrogens is 454 g/mol. The van der Waals surface area contributed by atoms with Crippen molar-refractivity contribution in [1.82, 2.24) is 10.5 Å². The summed E-state index contributed by atoms with van der Waals surface area (Å²) in [4.78, 5) is 24.1. The van der Waals surface area contributed by atoms with Crippen LogP contribution in [0.4, 0.5) is 5.69 Å². The molecule has 0 saturated carbocycles. The van der Waals surface area contributed by atoms with Gasteiger partial charge in [-0.25, -0.2) is 0 Å². The van der Waals surface area contributed by atoms with E-state index >= 15 is 0 Å². The lowest BCUT2D eigenvalue weighted by Crippen LogP contribution is -2.32. The molecule has 0 atom stereocenters. The Morgan fingerprint density at radius 3 is 2.17 bits per heavy atom. The van der Waals surface area contributed by atoms with Gasteiger partial charge in [-0.3, -0.25) is 9.59 Å². The molecule has 186 valence electrons. The van der Waals surface area contributed by atoms with E-state index in [1.807, 2.05) is 13.0 Å². The summed E-state index contributed by atoms with van der Waals surface area (Å²) >= 11 is 0. The summed E-state index contributed by atoms with van der Waals surface area (Å²) in [5, 5.41) is 9.35. The standard InChI is InChI=1S/C25H29N3O7/c1-6-7-22(29)26-14-23(30)28-18-10-15(8-9-19(18)31-2)17-13-27-35-24(17)16-11-20(32-3)25(34-5)21(12-16)33-4/h8-13H,6-7,14H2,1-5H3,(H,26,29)(H,28,30). The van der Waals surface area contributed by atoms with Crippen molar-refractivity contribution in [2.75, 3.05) is 40.3 Å². The second-order valence-electron chi connectivity index (χ2n) is 7.47. The predicted octanol–water partition coefficient (Wildman–Crippen LogP) is 3.90. The molecule has 2 N–H and O–H groups in total. The summed E-state index contributed by atoms with van der Waals surface area (Å²) in [6.45, 7) is 1.75. The number of nitrogens with zero attached hydrogens (tertiary/aromatic N) is 1. The summed E-state index contributed by atoms with van der Waals surface area (Å²) in [6.07, 6.45) is 2.65. The van der Waals surface area contributed by atoms with Gasteiger partial charge >= 0.3 is 0 Å². The Morgan fingerprint density at radius 1 is 0.886 bits per heavy atom. The number of carbonyl (C=O) groups excluding carboxylic acids is 2. The highest BCUT2D eigenvalue weighted by atomic mass is 16.5. The maximum absolute atomic E-state index is 12.4. The van der Waals surface area contributed by atoms with Crippen LogP contribution in [0.15, 0.2) is 41.1 Å². The molecule has 10 nitrogen and oxygen atoms in total. The molecular formula is C25H29N3O7. The average Bonchev–Trinajstić information content (AvgIpc) is 3.36. The number of hydrogen-bond donors (Lipinski definition) is 2. The third kappa shape index (κ3) is 5.84. The summed E-state index contributed by atoms with van der Waals surface area (Å²) in [6, 6.07) is 8.82. The third-order valence-corrected chi connectivity index (χ3v) is 5.21. The molecule has 3 aromatic rings. The molecule has 0 spiro atoms. The summed E-state index contributed by atoms with van der Waals surface area (Å²) in [5.41, 5.74) is 2.50. The molecule has 3 rings (SSSR count). The van der Waals surface area contributed by atoms with Crippen LogP contribution >= 0.6 is 0 Å². The number of rotatable bonds is 11. The van der Waals surface area contributed by atoms with Crippen LogP contribution in [0, 0.1) is 0 Å². The molecule has 1 aromatic heterocycles. The maximum atomic E-state index is 12.4. The minimum Gasteiger partial charge on any atom is -0.495 e. The SMILES string of the molecule is CCCC(=O)NCC(=O)Nc1cc(-c2cnoc2-c2cc(OC)c(OC)c(OC)c2)ccc1OC. The monoisotopic (exact) mass is 483 g/mol. The van der Waals surface area contributed by atoms with Crippen molar-refractivity contribution in [1.29, 1.82) is 0 Å². The molecule has 0 aliphatic carbocycles. The van der Waals surface area contributed by atoms with Crippen LogP contribution in [-0.2, 0) is 9.59 Å². The van der Waals surface area contributed by atoms with Crippen molar-refractivity contribution >= 4 is 17.5 Å². The minimum atomic E-state index is -0.375. The lowest BCUT2D eigenvalue weighted by Gasteiger charge is -2.14. The number of aromatic nitrogens is 1. The third-order valence-electron chi connectivity index (χ3n) is 5.21. The molecule has 0 bridgehead atoms. The van der Waals surface area contributed by atoms with Crippen molar-refractivity contribution in [3.63, 3.8) is 0 Å². The van der Waals surface area contributed by atoms with Gasteiger partial charge in [0.15, 0.2) is 17.3 Å². The van der Waals surface area contributed by atoms with Gasteiger partial charge in [-0.2, -0.15) is 0 Å². The smallest absolute Gasteiger partial charge is 0.243 e. The first-order valence-electron chi connectivity index (χ1n) is 11.0. The zero-order valence-corrected chi connectivity index (χ0v) is 20.4. The fraction of sp³-hybridized carbons (Fsp3) is 0.320. The van der Waals surface area contributed by atoms with Crippen LogP contribution in [0.25, 0.3) is 22.5 Å². The second kappa shape index (κ2) is 11.8. The van der Waals surface area contributed by atoms with Gasteiger partial charge in [0.25, 0.3) is 0 Å². The lowest BCUT2D eigenvalue weighted by atomic mass is 10.0. The van der Waals surface area contributed by atoms with Gasteiger partial charge in [-0.15, -0.1) is 0 Å². The first kappa shape index (κ1) is 25.4. The van der Waals surface area contributed by atoms with E-state index in [1.165, 1.54) is 28.4 Å². The zero-order chi connectivity index (χ0) is 25.4. The van der Waals surface area contributed by atoms with Crippen molar-refractivity contribution in [3.8, 4) is 45.4 Å². The van der Waals surface area contributed by atoms with Crippen LogP contribution in [-0.4, -0.2) is 52.0 Å². The predicted molar refractivity (Wildman–Crippen MR) is 130 cm³/mol. The number of carbonyl (C=O) groups is 2. The fourth-order valence-electron chi connectivity index (χ4n) is 3.53.